The van der Waals surface area contributed by atoms with E-state index in [1.165, 1.54) is 18.4 Å². The zero-order chi connectivity index (χ0) is 13.1. The molecule has 98 valence electrons. The highest BCUT2D eigenvalue weighted by molar-refractivity contribution is 5.34. The van der Waals surface area contributed by atoms with Gasteiger partial charge in [0.25, 0.3) is 0 Å². The highest BCUT2D eigenvalue weighted by atomic mass is 16.5. The van der Waals surface area contributed by atoms with Crippen molar-refractivity contribution in [2.45, 2.75) is 18.9 Å². The summed E-state index contributed by atoms with van der Waals surface area (Å²) >= 11 is 0. The first-order valence-corrected chi connectivity index (χ1v) is 6.87. The second kappa shape index (κ2) is 5.45. The van der Waals surface area contributed by atoms with E-state index in [-0.39, 0.29) is 0 Å². The van der Waals surface area contributed by atoms with E-state index >= 15 is 0 Å². The molecule has 2 aromatic carbocycles. The van der Waals surface area contributed by atoms with Crippen molar-refractivity contribution < 1.29 is 4.74 Å². The van der Waals surface area contributed by atoms with Gasteiger partial charge in [-0.05, 0) is 55.6 Å². The molecule has 1 unspecified atom stereocenters. The number of benzene rings is 2. The van der Waals surface area contributed by atoms with Gasteiger partial charge in [-0.15, -0.1) is 0 Å². The summed E-state index contributed by atoms with van der Waals surface area (Å²) in [6.07, 6.45) is 2.68. The average Bonchev–Trinajstić information content (AvgIpc) is 3.27. The van der Waals surface area contributed by atoms with Gasteiger partial charge in [-0.1, -0.05) is 30.3 Å². The van der Waals surface area contributed by atoms with Gasteiger partial charge in [0.2, 0.25) is 0 Å². The van der Waals surface area contributed by atoms with Gasteiger partial charge in [-0.3, -0.25) is 0 Å². The SMILES string of the molecule is CNC(c1ccc(Oc2ccccc2)cc1)C1CC1. The summed E-state index contributed by atoms with van der Waals surface area (Å²) in [7, 11) is 2.04. The van der Waals surface area contributed by atoms with Gasteiger partial charge in [-0.25, -0.2) is 0 Å². The van der Waals surface area contributed by atoms with Crippen LogP contribution in [0, 0.1) is 5.92 Å². The largest absolute Gasteiger partial charge is 0.457 e. The first-order chi connectivity index (χ1) is 9.36. The van der Waals surface area contributed by atoms with E-state index in [0.29, 0.717) is 6.04 Å². The van der Waals surface area contributed by atoms with Crippen LogP contribution in [0.4, 0.5) is 0 Å². The third kappa shape index (κ3) is 2.96. The lowest BCUT2D eigenvalue weighted by molar-refractivity contribution is 0.480. The van der Waals surface area contributed by atoms with Crippen molar-refractivity contribution in [2.24, 2.45) is 5.92 Å². The number of ether oxygens (including phenoxy) is 1. The van der Waals surface area contributed by atoms with Crippen LogP contribution in [0.2, 0.25) is 0 Å². The molecule has 1 aliphatic carbocycles. The Balaban J connectivity index is 1.71. The molecule has 1 N–H and O–H groups in total. The van der Waals surface area contributed by atoms with E-state index in [1.807, 2.05) is 37.4 Å². The molecule has 2 heteroatoms. The third-order valence-electron chi connectivity index (χ3n) is 3.62. The molecular formula is C17H19NO. The summed E-state index contributed by atoms with van der Waals surface area (Å²) in [4.78, 5) is 0. The fourth-order valence-electron chi connectivity index (χ4n) is 2.47. The first-order valence-electron chi connectivity index (χ1n) is 6.87. The molecule has 1 saturated carbocycles. The minimum absolute atomic E-state index is 0.491. The Morgan fingerprint density at radius 1 is 0.947 bits per heavy atom. The van der Waals surface area contributed by atoms with Crippen LogP contribution in [0.15, 0.2) is 54.6 Å². The molecule has 1 aliphatic rings. The van der Waals surface area contributed by atoms with Crippen LogP contribution in [-0.4, -0.2) is 7.05 Å². The molecule has 0 amide bonds. The Hall–Kier alpha value is -1.80. The second-order valence-corrected chi connectivity index (χ2v) is 5.09. The van der Waals surface area contributed by atoms with Crippen molar-refractivity contribution in [3.63, 3.8) is 0 Å². The maximum Gasteiger partial charge on any atom is 0.127 e. The van der Waals surface area contributed by atoms with Gasteiger partial charge in [0.1, 0.15) is 11.5 Å². The topological polar surface area (TPSA) is 21.3 Å². The van der Waals surface area contributed by atoms with Crippen LogP contribution in [0.1, 0.15) is 24.4 Å². The molecule has 0 saturated heterocycles. The molecule has 2 nitrogen and oxygen atoms in total. The number of rotatable bonds is 5. The van der Waals surface area contributed by atoms with E-state index in [4.69, 9.17) is 4.74 Å². The van der Waals surface area contributed by atoms with Crippen molar-refractivity contribution in [3.05, 3.63) is 60.2 Å². The van der Waals surface area contributed by atoms with E-state index in [0.717, 1.165) is 17.4 Å². The molecule has 0 radical (unpaired) electrons. The van der Waals surface area contributed by atoms with Gasteiger partial charge >= 0.3 is 0 Å². The second-order valence-electron chi connectivity index (χ2n) is 5.09. The lowest BCUT2D eigenvalue weighted by Crippen LogP contribution is -2.17. The molecule has 1 fully saturated rings. The molecule has 19 heavy (non-hydrogen) atoms. The Bertz CT molecular complexity index is 517. The maximum atomic E-state index is 5.80. The van der Waals surface area contributed by atoms with Crippen molar-refractivity contribution in [2.75, 3.05) is 7.05 Å². The molecule has 3 rings (SSSR count). The minimum atomic E-state index is 0.491. The van der Waals surface area contributed by atoms with Crippen molar-refractivity contribution in [3.8, 4) is 11.5 Å². The highest BCUT2D eigenvalue weighted by Crippen LogP contribution is 2.41. The maximum absolute atomic E-state index is 5.80. The summed E-state index contributed by atoms with van der Waals surface area (Å²) in [5, 5.41) is 3.41. The fraction of sp³-hybridized carbons (Fsp3) is 0.294. The quantitative estimate of drug-likeness (QED) is 0.864. The Morgan fingerprint density at radius 2 is 1.58 bits per heavy atom. The van der Waals surface area contributed by atoms with E-state index in [9.17, 15) is 0 Å². The summed E-state index contributed by atoms with van der Waals surface area (Å²) in [5.74, 6) is 2.58. The van der Waals surface area contributed by atoms with Crippen molar-refractivity contribution in [1.29, 1.82) is 0 Å². The van der Waals surface area contributed by atoms with Gasteiger partial charge in [0.15, 0.2) is 0 Å². The van der Waals surface area contributed by atoms with E-state index in [2.05, 4.69) is 29.6 Å². The van der Waals surface area contributed by atoms with Crippen LogP contribution in [0.3, 0.4) is 0 Å². The molecule has 0 spiro atoms. The van der Waals surface area contributed by atoms with Crippen molar-refractivity contribution in [1.82, 2.24) is 5.32 Å². The molecule has 0 bridgehead atoms. The van der Waals surface area contributed by atoms with Gasteiger partial charge in [0.05, 0.1) is 0 Å². The predicted molar refractivity (Wildman–Crippen MR) is 77.5 cm³/mol. The van der Waals surface area contributed by atoms with Crippen LogP contribution >= 0.6 is 0 Å². The Kier molecular flexibility index (Phi) is 3.51. The van der Waals surface area contributed by atoms with Crippen LogP contribution in [0.25, 0.3) is 0 Å². The summed E-state index contributed by atoms with van der Waals surface area (Å²) in [6.45, 7) is 0. The average molecular weight is 253 g/mol. The van der Waals surface area contributed by atoms with Crippen LogP contribution < -0.4 is 10.1 Å². The Labute approximate surface area is 114 Å². The number of para-hydroxylation sites is 1. The zero-order valence-electron chi connectivity index (χ0n) is 11.2. The van der Waals surface area contributed by atoms with Gasteiger partial charge in [-0.2, -0.15) is 0 Å². The number of hydrogen-bond donors (Lipinski definition) is 1. The van der Waals surface area contributed by atoms with Crippen LogP contribution in [0.5, 0.6) is 11.5 Å². The predicted octanol–water partition coefficient (Wildman–Crippen LogP) is 4.15. The molecule has 0 heterocycles. The van der Waals surface area contributed by atoms with Crippen molar-refractivity contribution >= 4 is 0 Å². The molecule has 1 atom stereocenters. The summed E-state index contributed by atoms with van der Waals surface area (Å²) in [6, 6.07) is 18.8. The van der Waals surface area contributed by atoms with Gasteiger partial charge < -0.3 is 10.1 Å². The number of nitrogens with one attached hydrogen (secondary N) is 1. The van der Waals surface area contributed by atoms with E-state index < -0.39 is 0 Å². The minimum Gasteiger partial charge on any atom is -0.457 e. The van der Waals surface area contributed by atoms with Crippen LogP contribution in [-0.2, 0) is 0 Å². The normalized spacial score (nSPS) is 16.1. The molecular weight excluding hydrogens is 234 g/mol. The standard InChI is InChI=1S/C17H19NO/c1-18-17(13-7-8-13)14-9-11-16(12-10-14)19-15-5-3-2-4-6-15/h2-6,9-13,17-18H,7-8H2,1H3. The monoisotopic (exact) mass is 253 g/mol. The molecule has 0 aromatic heterocycles. The number of hydrogen-bond acceptors (Lipinski definition) is 2. The summed E-state index contributed by atoms with van der Waals surface area (Å²) < 4.78 is 5.80. The fourth-order valence-corrected chi connectivity index (χ4v) is 2.47. The van der Waals surface area contributed by atoms with Gasteiger partial charge in [0, 0.05) is 6.04 Å². The molecule has 0 aliphatic heterocycles. The lowest BCUT2D eigenvalue weighted by Gasteiger charge is -2.16. The Morgan fingerprint density at radius 3 is 2.16 bits per heavy atom. The summed E-state index contributed by atoms with van der Waals surface area (Å²) in [5.41, 5.74) is 1.35. The van der Waals surface area contributed by atoms with E-state index in [1.54, 1.807) is 0 Å². The molecule has 2 aromatic rings. The lowest BCUT2D eigenvalue weighted by atomic mass is 10.0. The zero-order valence-corrected chi connectivity index (χ0v) is 11.2. The smallest absolute Gasteiger partial charge is 0.127 e. The first kappa shape index (κ1) is 12.2. The third-order valence-corrected chi connectivity index (χ3v) is 3.62. The highest BCUT2D eigenvalue weighted by Gasteiger charge is 2.30.